The van der Waals surface area contributed by atoms with Gasteiger partial charge in [-0.05, 0) is 13.8 Å². The summed E-state index contributed by atoms with van der Waals surface area (Å²) in [4.78, 5) is 4.19. The van der Waals surface area contributed by atoms with Gasteiger partial charge in [0.1, 0.15) is 5.84 Å². The lowest BCUT2D eigenvalue weighted by Gasteiger charge is -2.18. The average molecular weight is 200 g/mol. The molecule has 0 saturated heterocycles. The second-order valence-corrected chi connectivity index (χ2v) is 2.88. The van der Waals surface area contributed by atoms with E-state index in [2.05, 4.69) is 10.3 Å². The van der Waals surface area contributed by atoms with Gasteiger partial charge in [0.2, 0.25) is 0 Å². The van der Waals surface area contributed by atoms with E-state index in [1.54, 1.807) is 0 Å². The minimum absolute atomic E-state index is 0. The van der Waals surface area contributed by atoms with Gasteiger partial charge in [-0.15, -0.1) is 24.8 Å². The zero-order valence-electron chi connectivity index (χ0n) is 6.76. The Morgan fingerprint density at radius 1 is 1.45 bits per heavy atom. The van der Waals surface area contributed by atoms with Crippen LogP contribution in [0.1, 0.15) is 13.8 Å². The molecule has 0 atom stereocenters. The van der Waals surface area contributed by atoms with Gasteiger partial charge in [-0.25, -0.2) is 0 Å². The highest BCUT2D eigenvalue weighted by atomic mass is 35.5. The van der Waals surface area contributed by atoms with Gasteiger partial charge >= 0.3 is 0 Å². The lowest BCUT2D eigenvalue weighted by Crippen LogP contribution is -2.47. The van der Waals surface area contributed by atoms with Crippen molar-refractivity contribution in [2.45, 2.75) is 19.4 Å². The van der Waals surface area contributed by atoms with Crippen molar-refractivity contribution in [3.8, 4) is 0 Å². The highest BCUT2D eigenvalue weighted by Crippen LogP contribution is 2.01. The maximum atomic E-state index is 5.75. The molecule has 3 nitrogen and oxygen atoms in total. The summed E-state index contributed by atoms with van der Waals surface area (Å²) in [5.74, 6) is 0.933. The Balaban J connectivity index is 0. The molecule has 3 N–H and O–H groups in total. The first kappa shape index (κ1) is 13.6. The van der Waals surface area contributed by atoms with Gasteiger partial charge in [0.25, 0.3) is 0 Å². The first-order valence-corrected chi connectivity index (χ1v) is 3.18. The summed E-state index contributed by atoms with van der Waals surface area (Å²) in [5, 5.41) is 3.12. The maximum absolute atomic E-state index is 5.75. The molecule has 1 heterocycles. The largest absolute Gasteiger partial charge is 0.370 e. The van der Waals surface area contributed by atoms with Crippen molar-refractivity contribution in [3.05, 3.63) is 0 Å². The van der Waals surface area contributed by atoms with Crippen molar-refractivity contribution >= 4 is 30.6 Å². The maximum Gasteiger partial charge on any atom is 0.116 e. The van der Waals surface area contributed by atoms with Crippen LogP contribution in [0.15, 0.2) is 4.99 Å². The Morgan fingerprint density at radius 3 is 2.18 bits per heavy atom. The van der Waals surface area contributed by atoms with Crippen LogP contribution in [0.5, 0.6) is 0 Å². The van der Waals surface area contributed by atoms with Crippen molar-refractivity contribution in [3.63, 3.8) is 0 Å². The minimum atomic E-state index is -0.281. The van der Waals surface area contributed by atoms with Crippen LogP contribution < -0.4 is 11.1 Å². The fourth-order valence-electron chi connectivity index (χ4n) is 0.829. The predicted octanol–water partition coefficient (Wildman–Crippen LogP) is 0.569. The number of hydrogen-bond donors (Lipinski definition) is 2. The highest BCUT2D eigenvalue weighted by Gasteiger charge is 2.20. The average Bonchev–Trinajstić information content (AvgIpc) is 2.08. The summed E-state index contributed by atoms with van der Waals surface area (Å²) in [7, 11) is 0. The number of rotatable bonds is 1. The van der Waals surface area contributed by atoms with E-state index in [0.29, 0.717) is 0 Å². The van der Waals surface area contributed by atoms with Crippen molar-refractivity contribution in [1.29, 1.82) is 0 Å². The molecule has 0 bridgehead atoms. The van der Waals surface area contributed by atoms with Gasteiger partial charge < -0.3 is 11.1 Å². The van der Waals surface area contributed by atoms with Crippen LogP contribution in [0.4, 0.5) is 0 Å². The van der Waals surface area contributed by atoms with Crippen molar-refractivity contribution < 1.29 is 0 Å². The molecule has 0 aromatic rings. The third-order valence-corrected chi connectivity index (χ3v) is 1.28. The molecule has 0 radical (unpaired) electrons. The Kier molecular flexibility index (Phi) is 5.93. The molecule has 1 aliphatic heterocycles. The van der Waals surface area contributed by atoms with E-state index in [1.165, 1.54) is 0 Å². The van der Waals surface area contributed by atoms with Crippen LogP contribution >= 0.6 is 24.8 Å². The van der Waals surface area contributed by atoms with Crippen LogP contribution in [0, 0.1) is 0 Å². The summed E-state index contributed by atoms with van der Waals surface area (Å²) in [6.45, 7) is 5.71. The molecule has 5 heteroatoms. The number of hydrogen-bond acceptors (Lipinski definition) is 3. The summed E-state index contributed by atoms with van der Waals surface area (Å²) in [5.41, 5.74) is 5.47. The molecule has 0 aliphatic carbocycles. The fraction of sp³-hybridized carbons (Fsp3) is 0.833. The van der Waals surface area contributed by atoms with Crippen LogP contribution in [-0.2, 0) is 0 Å². The molecule has 0 unspecified atom stereocenters. The predicted molar refractivity (Wildman–Crippen MR) is 53.1 cm³/mol. The summed E-state index contributed by atoms with van der Waals surface area (Å²) < 4.78 is 0. The molecule has 0 fully saturated rings. The van der Waals surface area contributed by atoms with Crippen molar-refractivity contribution in [2.24, 2.45) is 10.7 Å². The van der Waals surface area contributed by atoms with E-state index >= 15 is 0 Å². The quantitative estimate of drug-likeness (QED) is 0.650. The molecule has 68 valence electrons. The van der Waals surface area contributed by atoms with Crippen LogP contribution in [-0.4, -0.2) is 24.5 Å². The molecule has 1 aliphatic rings. The number of halogens is 2. The monoisotopic (exact) mass is 199 g/mol. The van der Waals surface area contributed by atoms with E-state index < -0.39 is 0 Å². The molecular formula is C6H15Cl2N3. The highest BCUT2D eigenvalue weighted by molar-refractivity contribution is 5.91. The normalized spacial score (nSPS) is 15.7. The third kappa shape index (κ3) is 3.79. The summed E-state index contributed by atoms with van der Waals surface area (Å²) in [6.07, 6.45) is 0. The van der Waals surface area contributed by atoms with E-state index in [-0.39, 0.29) is 30.4 Å². The standard InChI is InChI=1S/C6H13N3.2ClH/c1-6(2,7)5-8-3-4-9-5;;/h3-4,7H2,1-2H3,(H,8,9);2*1H. The van der Waals surface area contributed by atoms with E-state index in [0.717, 1.165) is 18.9 Å². The van der Waals surface area contributed by atoms with Crippen molar-refractivity contribution in [1.82, 2.24) is 5.32 Å². The number of nitrogens with zero attached hydrogens (tertiary/aromatic N) is 1. The molecule has 11 heavy (non-hydrogen) atoms. The number of nitrogens with two attached hydrogens (primary N) is 1. The molecule has 0 saturated carbocycles. The van der Waals surface area contributed by atoms with Crippen LogP contribution in [0.2, 0.25) is 0 Å². The zero-order valence-corrected chi connectivity index (χ0v) is 8.39. The van der Waals surface area contributed by atoms with Gasteiger partial charge in [-0.3, -0.25) is 4.99 Å². The molecule has 0 aromatic heterocycles. The molecule has 0 spiro atoms. The second kappa shape index (κ2) is 4.80. The van der Waals surface area contributed by atoms with Crippen LogP contribution in [0.3, 0.4) is 0 Å². The summed E-state index contributed by atoms with van der Waals surface area (Å²) >= 11 is 0. The topological polar surface area (TPSA) is 50.4 Å². The summed E-state index contributed by atoms with van der Waals surface area (Å²) in [6, 6.07) is 0. The first-order valence-electron chi connectivity index (χ1n) is 3.18. The van der Waals surface area contributed by atoms with Gasteiger partial charge in [0.15, 0.2) is 0 Å². The lowest BCUT2D eigenvalue weighted by atomic mass is 10.1. The number of amidine groups is 1. The van der Waals surface area contributed by atoms with E-state index in [1.807, 2.05) is 13.8 Å². The van der Waals surface area contributed by atoms with Crippen molar-refractivity contribution in [2.75, 3.05) is 13.1 Å². The Labute approximate surface area is 79.6 Å². The SMILES string of the molecule is CC(C)(N)C1=NCCN1.Cl.Cl. The van der Waals surface area contributed by atoms with Crippen LogP contribution in [0.25, 0.3) is 0 Å². The first-order chi connectivity index (χ1) is 4.11. The zero-order chi connectivity index (χ0) is 6.91. The Morgan fingerprint density at radius 2 is 2.00 bits per heavy atom. The number of aliphatic imine (C=N–C) groups is 1. The lowest BCUT2D eigenvalue weighted by molar-refractivity contribution is 0.678. The van der Waals surface area contributed by atoms with E-state index in [9.17, 15) is 0 Å². The number of nitrogens with one attached hydrogen (secondary N) is 1. The molecule has 0 amide bonds. The fourth-order valence-corrected chi connectivity index (χ4v) is 0.829. The Bertz CT molecular complexity index is 139. The molecular weight excluding hydrogens is 185 g/mol. The Hall–Kier alpha value is 0.01000. The third-order valence-electron chi connectivity index (χ3n) is 1.28. The molecule has 1 rings (SSSR count). The van der Waals surface area contributed by atoms with Gasteiger partial charge in [-0.1, -0.05) is 0 Å². The van der Waals surface area contributed by atoms with Gasteiger partial charge in [0, 0.05) is 6.54 Å². The van der Waals surface area contributed by atoms with Gasteiger partial charge in [0.05, 0.1) is 12.1 Å². The van der Waals surface area contributed by atoms with Gasteiger partial charge in [-0.2, -0.15) is 0 Å². The van der Waals surface area contributed by atoms with E-state index in [4.69, 9.17) is 5.73 Å². The smallest absolute Gasteiger partial charge is 0.116 e. The minimum Gasteiger partial charge on any atom is -0.370 e. The molecule has 0 aromatic carbocycles. The second-order valence-electron chi connectivity index (χ2n) is 2.88.